The van der Waals surface area contributed by atoms with E-state index in [1.54, 1.807) is 0 Å². The summed E-state index contributed by atoms with van der Waals surface area (Å²) >= 11 is 0. The molecule has 0 bridgehead atoms. The van der Waals surface area contributed by atoms with Crippen molar-refractivity contribution >= 4 is 6.09 Å². The lowest BCUT2D eigenvalue weighted by Crippen LogP contribution is -2.40. The van der Waals surface area contributed by atoms with Gasteiger partial charge in [0.05, 0.1) is 25.9 Å². The molecule has 6 heteroatoms. The Morgan fingerprint density at radius 3 is 2.76 bits per heavy atom. The number of ether oxygens (including phenoxy) is 2. The number of rotatable bonds is 8. The third-order valence-corrected chi connectivity index (χ3v) is 4.47. The molecule has 0 radical (unpaired) electrons. The molecule has 6 nitrogen and oxygen atoms in total. The Hall–Kier alpha value is -1.79. The summed E-state index contributed by atoms with van der Waals surface area (Å²) < 4.78 is 11.1. The molecular formula is C19H30N2O4. The second-order valence-electron chi connectivity index (χ2n) is 6.06. The van der Waals surface area contributed by atoms with Crippen LogP contribution in [0, 0.1) is 0 Å². The van der Waals surface area contributed by atoms with Gasteiger partial charge >= 0.3 is 6.09 Å². The van der Waals surface area contributed by atoms with Gasteiger partial charge in [0.25, 0.3) is 0 Å². The van der Waals surface area contributed by atoms with Gasteiger partial charge in [-0.15, -0.1) is 0 Å². The summed E-state index contributed by atoms with van der Waals surface area (Å²) in [6.45, 7) is 8.84. The molecule has 0 saturated carbocycles. The Kier molecular flexibility index (Phi) is 7.52. The van der Waals surface area contributed by atoms with Crippen LogP contribution in [0.5, 0.6) is 5.75 Å². The van der Waals surface area contributed by atoms with Gasteiger partial charge in [0.15, 0.2) is 0 Å². The molecule has 1 unspecified atom stereocenters. The maximum Gasteiger partial charge on any atom is 0.410 e. The van der Waals surface area contributed by atoms with E-state index in [0.717, 1.165) is 29.7 Å². The number of nitrogens with one attached hydrogen (secondary N) is 1. The fourth-order valence-corrected chi connectivity index (χ4v) is 3.38. The molecule has 2 N–H and O–H groups in total. The lowest BCUT2D eigenvalue weighted by molar-refractivity contribution is 0.0854. The van der Waals surface area contributed by atoms with Crippen LogP contribution in [0.25, 0.3) is 0 Å². The Labute approximate surface area is 150 Å². The van der Waals surface area contributed by atoms with Crippen molar-refractivity contribution in [1.82, 2.24) is 10.2 Å². The molecule has 1 atom stereocenters. The number of benzene rings is 1. The van der Waals surface area contributed by atoms with Crippen LogP contribution < -0.4 is 10.1 Å². The van der Waals surface area contributed by atoms with Crippen molar-refractivity contribution in [3.05, 3.63) is 28.8 Å². The Bertz CT molecular complexity index is 577. The van der Waals surface area contributed by atoms with Crippen molar-refractivity contribution in [2.45, 2.75) is 46.2 Å². The minimum absolute atomic E-state index is 0.0152. The number of aliphatic hydroxyl groups excluding tert-OH is 1. The first kappa shape index (κ1) is 19.5. The van der Waals surface area contributed by atoms with Crippen LogP contribution in [-0.4, -0.2) is 49.0 Å². The lowest BCUT2D eigenvalue weighted by atomic mass is 9.89. The molecule has 0 fully saturated rings. The number of fused-ring (bicyclic) bond motifs is 1. The summed E-state index contributed by atoms with van der Waals surface area (Å²) in [5.41, 5.74) is 3.50. The highest BCUT2D eigenvalue weighted by atomic mass is 16.6. The molecule has 0 aliphatic carbocycles. The van der Waals surface area contributed by atoms with Gasteiger partial charge in [-0.2, -0.15) is 0 Å². The van der Waals surface area contributed by atoms with Crippen LogP contribution in [0.4, 0.5) is 4.79 Å². The van der Waals surface area contributed by atoms with E-state index >= 15 is 0 Å². The van der Waals surface area contributed by atoms with E-state index in [2.05, 4.69) is 24.4 Å². The van der Waals surface area contributed by atoms with Gasteiger partial charge in [-0.1, -0.05) is 13.0 Å². The average Bonchev–Trinajstić information content (AvgIpc) is 2.61. The summed E-state index contributed by atoms with van der Waals surface area (Å²) in [7, 11) is 0. The fraction of sp³-hybridized carbons (Fsp3) is 0.632. The van der Waals surface area contributed by atoms with Gasteiger partial charge in [-0.05, 0) is 43.9 Å². The zero-order valence-corrected chi connectivity index (χ0v) is 15.5. The maximum absolute atomic E-state index is 12.3. The third-order valence-electron chi connectivity index (χ3n) is 4.47. The number of nitrogens with zero attached hydrogens (tertiary/aromatic N) is 1. The van der Waals surface area contributed by atoms with Crippen molar-refractivity contribution in [3.8, 4) is 5.75 Å². The number of hydrogen-bond donors (Lipinski definition) is 2. The van der Waals surface area contributed by atoms with E-state index in [1.165, 1.54) is 5.56 Å². The predicted octanol–water partition coefficient (Wildman–Crippen LogP) is 2.63. The number of hydrogen-bond acceptors (Lipinski definition) is 5. The second-order valence-corrected chi connectivity index (χ2v) is 6.06. The zero-order valence-electron chi connectivity index (χ0n) is 15.5. The van der Waals surface area contributed by atoms with E-state index in [1.807, 2.05) is 18.7 Å². The van der Waals surface area contributed by atoms with Crippen molar-refractivity contribution < 1.29 is 19.4 Å². The minimum atomic E-state index is -0.244. The van der Waals surface area contributed by atoms with Gasteiger partial charge in [-0.25, -0.2) is 4.79 Å². The van der Waals surface area contributed by atoms with E-state index in [4.69, 9.17) is 14.6 Å². The summed E-state index contributed by atoms with van der Waals surface area (Å²) in [4.78, 5) is 14.1. The Morgan fingerprint density at radius 2 is 2.12 bits per heavy atom. The predicted molar refractivity (Wildman–Crippen MR) is 96.9 cm³/mol. The molecule has 0 saturated heterocycles. The summed E-state index contributed by atoms with van der Waals surface area (Å²) in [5, 5.41) is 12.2. The van der Waals surface area contributed by atoms with Crippen molar-refractivity contribution in [1.29, 1.82) is 0 Å². The van der Waals surface area contributed by atoms with Crippen LogP contribution in [0.3, 0.4) is 0 Å². The average molecular weight is 350 g/mol. The summed E-state index contributed by atoms with van der Waals surface area (Å²) in [6.07, 6.45) is 1.40. The molecule has 2 rings (SSSR count). The normalized spacial score (nSPS) is 16.5. The first-order chi connectivity index (χ1) is 12.2. The van der Waals surface area contributed by atoms with Crippen LogP contribution in [0.2, 0.25) is 0 Å². The maximum atomic E-state index is 12.3. The fourth-order valence-electron chi connectivity index (χ4n) is 3.38. The Balaban J connectivity index is 2.32. The molecule has 0 spiro atoms. The summed E-state index contributed by atoms with van der Waals surface area (Å²) in [5.74, 6) is 0.843. The smallest absolute Gasteiger partial charge is 0.410 e. The summed E-state index contributed by atoms with van der Waals surface area (Å²) in [6, 6.07) is 4.27. The van der Waals surface area contributed by atoms with Crippen LogP contribution in [-0.2, 0) is 17.7 Å². The Morgan fingerprint density at radius 1 is 1.32 bits per heavy atom. The van der Waals surface area contributed by atoms with Crippen molar-refractivity contribution in [3.63, 3.8) is 0 Å². The first-order valence-electron chi connectivity index (χ1n) is 9.19. The van der Waals surface area contributed by atoms with E-state index in [-0.39, 0.29) is 18.7 Å². The largest absolute Gasteiger partial charge is 0.494 e. The number of carbonyl (C=O) groups is 1. The number of aliphatic hydroxyl groups is 1. The molecule has 140 valence electrons. The molecule has 1 amide bonds. The molecule has 25 heavy (non-hydrogen) atoms. The van der Waals surface area contributed by atoms with Gasteiger partial charge < -0.3 is 24.8 Å². The van der Waals surface area contributed by atoms with E-state index in [9.17, 15) is 4.79 Å². The molecular weight excluding hydrogens is 320 g/mol. The van der Waals surface area contributed by atoms with E-state index in [0.29, 0.717) is 32.8 Å². The molecule has 1 heterocycles. The van der Waals surface area contributed by atoms with Gasteiger partial charge in [0.1, 0.15) is 5.75 Å². The van der Waals surface area contributed by atoms with Crippen LogP contribution in [0.15, 0.2) is 12.1 Å². The van der Waals surface area contributed by atoms with Crippen LogP contribution >= 0.6 is 0 Å². The van der Waals surface area contributed by atoms with Crippen molar-refractivity contribution in [2.75, 3.05) is 32.9 Å². The van der Waals surface area contributed by atoms with Gasteiger partial charge in [-0.3, -0.25) is 0 Å². The van der Waals surface area contributed by atoms with Crippen LogP contribution in [0.1, 0.15) is 49.9 Å². The minimum Gasteiger partial charge on any atom is -0.494 e. The third kappa shape index (κ3) is 4.64. The molecule has 1 aliphatic rings. The quantitative estimate of drug-likeness (QED) is 0.705. The zero-order chi connectivity index (χ0) is 18.2. The first-order valence-corrected chi connectivity index (χ1v) is 9.19. The molecule has 1 aromatic carbocycles. The lowest BCUT2D eigenvalue weighted by Gasteiger charge is -2.36. The number of amides is 1. The molecule has 1 aliphatic heterocycles. The standard InChI is InChI=1S/C19H30N2O4/c1-4-17-16-12-18(24-5-2)15(13-20-8-10-22)11-14(16)7-9-21(17)19(23)25-6-3/h11-12,17,20,22H,4-10,13H2,1-3H3. The highest BCUT2D eigenvalue weighted by molar-refractivity contribution is 5.69. The van der Waals surface area contributed by atoms with Gasteiger partial charge in [0, 0.05) is 25.2 Å². The SMILES string of the molecule is CCOC(=O)N1CCc2cc(CNCCO)c(OCC)cc2C1CC. The highest BCUT2D eigenvalue weighted by Crippen LogP contribution is 2.36. The monoisotopic (exact) mass is 350 g/mol. The van der Waals surface area contributed by atoms with Crippen molar-refractivity contribution in [2.24, 2.45) is 0 Å². The number of carbonyl (C=O) groups excluding carboxylic acids is 1. The highest BCUT2D eigenvalue weighted by Gasteiger charge is 2.31. The molecule has 1 aromatic rings. The molecule has 0 aromatic heterocycles. The second kappa shape index (κ2) is 9.63. The topological polar surface area (TPSA) is 71.0 Å². The van der Waals surface area contributed by atoms with E-state index < -0.39 is 0 Å². The van der Waals surface area contributed by atoms with Gasteiger partial charge in [0.2, 0.25) is 0 Å².